The lowest BCUT2D eigenvalue weighted by Crippen LogP contribution is -2.83. The Bertz CT molecular complexity index is 1370. The zero-order valence-electron chi connectivity index (χ0n) is 22.5. The van der Waals surface area contributed by atoms with Gasteiger partial charge >= 0.3 is 0 Å². The third kappa shape index (κ3) is 4.93. The van der Waals surface area contributed by atoms with Gasteiger partial charge in [-0.3, -0.25) is 20.6 Å². The molecule has 2 aliphatic rings. The summed E-state index contributed by atoms with van der Waals surface area (Å²) in [7, 11) is 2.19. The van der Waals surface area contributed by atoms with Crippen molar-refractivity contribution < 1.29 is 5.32 Å². The summed E-state index contributed by atoms with van der Waals surface area (Å²) in [6.07, 6.45) is 9.67. The summed E-state index contributed by atoms with van der Waals surface area (Å²) in [5, 5.41) is 20.2. The Balaban J connectivity index is 1.39. The topological polar surface area (TPSA) is 126 Å². The molecule has 0 amide bonds. The Kier molecular flexibility index (Phi) is 7.17. The van der Waals surface area contributed by atoms with Crippen LogP contribution in [0.5, 0.6) is 0 Å². The minimum absolute atomic E-state index is 0.332. The molecule has 3 aromatic rings. The molecular weight excluding hydrogens is 462 g/mol. The number of nitrogens with one attached hydrogen (secondary N) is 3. The third-order valence-electron chi connectivity index (χ3n) is 8.12. The van der Waals surface area contributed by atoms with Crippen molar-refractivity contribution >= 4 is 28.8 Å². The molecule has 3 aromatic heterocycles. The number of nitrogens with zero attached hydrogens (tertiary/aromatic N) is 5. The van der Waals surface area contributed by atoms with Gasteiger partial charge in [-0.2, -0.15) is 20.4 Å². The van der Waals surface area contributed by atoms with Crippen molar-refractivity contribution in [2.75, 3.05) is 7.05 Å². The van der Waals surface area contributed by atoms with Crippen LogP contribution < -0.4 is 5.32 Å². The van der Waals surface area contributed by atoms with Crippen LogP contribution in [0.15, 0.2) is 40.7 Å². The highest BCUT2D eigenvalue weighted by atomic mass is 15.3. The maximum Gasteiger partial charge on any atom is 0.233 e. The number of hydrogen-bond donors (Lipinski definition) is 4. The van der Waals surface area contributed by atoms with Gasteiger partial charge in [0.1, 0.15) is 12.5 Å². The van der Waals surface area contributed by atoms with Gasteiger partial charge in [-0.15, -0.1) is 0 Å². The van der Waals surface area contributed by atoms with Crippen molar-refractivity contribution in [2.24, 2.45) is 4.99 Å². The predicted molar refractivity (Wildman–Crippen MR) is 148 cm³/mol. The van der Waals surface area contributed by atoms with Gasteiger partial charge in [-0.25, -0.2) is 0 Å². The van der Waals surface area contributed by atoms with Gasteiger partial charge in [0.05, 0.1) is 34.2 Å². The number of quaternary nitrogens is 1. The quantitative estimate of drug-likeness (QED) is 0.286. The average Bonchev–Trinajstić information content (AvgIpc) is 3.54. The van der Waals surface area contributed by atoms with Crippen LogP contribution in [0.3, 0.4) is 0 Å². The number of aromatic nitrogens is 5. The molecule has 0 radical (unpaired) electrons. The fraction of sp³-hybridized carbons (Fsp3) is 0.464. The summed E-state index contributed by atoms with van der Waals surface area (Å²) in [5.74, 6) is 1.67. The van der Waals surface area contributed by atoms with Crippen molar-refractivity contribution in [3.05, 3.63) is 58.3 Å². The number of fused-ring (bicyclic) bond motifs is 1. The molecule has 9 heteroatoms. The second-order valence-corrected chi connectivity index (χ2v) is 10.7. The zero-order chi connectivity index (χ0) is 26.1. The number of H-pyrrole nitrogens is 2. The molecule has 194 valence electrons. The first kappa shape index (κ1) is 25.2. The first-order chi connectivity index (χ1) is 17.9. The summed E-state index contributed by atoms with van der Waals surface area (Å²) >= 11 is 0. The average molecular weight is 501 g/mol. The van der Waals surface area contributed by atoms with Crippen molar-refractivity contribution in [2.45, 2.75) is 77.8 Å². The molecule has 1 aliphatic carbocycles. The summed E-state index contributed by atoms with van der Waals surface area (Å²) in [5.41, 5.74) is 10.3. The van der Waals surface area contributed by atoms with E-state index in [9.17, 15) is 0 Å². The standard InChI is InChI=1S/C28H37N9/c1-16(2)25-26(22-13-30-28(31-15-29)18(4)17(22)3)34-24-11-10-23(33-27(24)25)19-6-8-21(9-7-19)37(5)14-20-12-32-36-35-20/h10-13,15-16,19,21,34H,6-9,14H2,1-5H3,(H2,29,30,31)(H,32,35,36)/p+1. The fourth-order valence-corrected chi connectivity index (χ4v) is 5.89. The van der Waals surface area contributed by atoms with Gasteiger partial charge in [0.25, 0.3) is 0 Å². The third-order valence-corrected chi connectivity index (χ3v) is 8.12. The number of nitrogens with two attached hydrogens (primary N) is 1. The Labute approximate surface area is 218 Å². The largest absolute Gasteiger partial charge is 0.353 e. The summed E-state index contributed by atoms with van der Waals surface area (Å²) in [6, 6.07) is 5.01. The van der Waals surface area contributed by atoms with Crippen LogP contribution in [-0.2, 0) is 6.54 Å². The summed E-state index contributed by atoms with van der Waals surface area (Å²) in [4.78, 5) is 15.6. The van der Waals surface area contributed by atoms with E-state index in [4.69, 9.17) is 10.4 Å². The molecule has 0 atom stereocenters. The molecule has 1 fully saturated rings. The fourth-order valence-electron chi connectivity index (χ4n) is 5.89. The normalized spacial score (nSPS) is 21.9. The molecule has 0 bridgehead atoms. The molecule has 37 heavy (non-hydrogen) atoms. The van der Waals surface area contributed by atoms with Crippen LogP contribution in [0.4, 0.5) is 0 Å². The number of aromatic amines is 2. The molecule has 1 saturated carbocycles. The SMILES string of the molecule is CC1=C(C)C(=NC=N)[NH2+]C=C1c1[nH]c2ccc(C3CCC(N(C)Cc4cn[nH]n4)CC3)nc2c1C(C)C. The van der Waals surface area contributed by atoms with E-state index >= 15 is 0 Å². The maximum atomic E-state index is 7.35. The Morgan fingerprint density at radius 3 is 2.65 bits per heavy atom. The van der Waals surface area contributed by atoms with Crippen LogP contribution in [0.25, 0.3) is 16.6 Å². The number of rotatable bonds is 7. The molecule has 1 aliphatic heterocycles. The number of pyridine rings is 1. The molecule has 9 nitrogen and oxygen atoms in total. The van der Waals surface area contributed by atoms with Crippen LogP contribution >= 0.6 is 0 Å². The van der Waals surface area contributed by atoms with Crippen LogP contribution in [0.2, 0.25) is 0 Å². The van der Waals surface area contributed by atoms with E-state index in [0.717, 1.165) is 59.6 Å². The van der Waals surface area contributed by atoms with E-state index in [1.54, 1.807) is 0 Å². The van der Waals surface area contributed by atoms with E-state index in [1.165, 1.54) is 35.2 Å². The van der Waals surface area contributed by atoms with E-state index in [1.807, 2.05) is 11.5 Å². The highest BCUT2D eigenvalue weighted by Crippen LogP contribution is 2.39. The van der Waals surface area contributed by atoms with Gasteiger partial charge < -0.3 is 4.98 Å². The monoisotopic (exact) mass is 500 g/mol. The van der Waals surface area contributed by atoms with Gasteiger partial charge in [-0.05, 0) is 70.2 Å². The molecule has 4 heterocycles. The summed E-state index contributed by atoms with van der Waals surface area (Å²) < 4.78 is 0. The Morgan fingerprint density at radius 2 is 1.97 bits per heavy atom. The molecule has 0 unspecified atom stereocenters. The summed E-state index contributed by atoms with van der Waals surface area (Å²) in [6.45, 7) is 9.54. The van der Waals surface area contributed by atoms with Crippen molar-refractivity contribution in [3.8, 4) is 0 Å². The first-order valence-corrected chi connectivity index (χ1v) is 13.2. The minimum Gasteiger partial charge on any atom is -0.353 e. The lowest BCUT2D eigenvalue weighted by atomic mass is 9.83. The van der Waals surface area contributed by atoms with Gasteiger partial charge in [0, 0.05) is 35.3 Å². The molecule has 0 spiro atoms. The lowest BCUT2D eigenvalue weighted by molar-refractivity contribution is -0.460. The van der Waals surface area contributed by atoms with Gasteiger partial charge in [0.15, 0.2) is 0 Å². The van der Waals surface area contributed by atoms with Crippen LogP contribution in [-0.4, -0.2) is 55.5 Å². The number of amidine groups is 1. The molecule has 0 saturated heterocycles. The van der Waals surface area contributed by atoms with E-state index in [-0.39, 0.29) is 0 Å². The van der Waals surface area contributed by atoms with Crippen LogP contribution in [0.1, 0.15) is 87.9 Å². The molecule has 5 rings (SSSR count). The molecule has 5 N–H and O–H groups in total. The van der Waals surface area contributed by atoms with Crippen molar-refractivity contribution in [3.63, 3.8) is 0 Å². The Morgan fingerprint density at radius 1 is 1.19 bits per heavy atom. The van der Waals surface area contributed by atoms with Gasteiger partial charge in [-0.1, -0.05) is 13.8 Å². The van der Waals surface area contributed by atoms with E-state index in [2.05, 4.69) is 83.4 Å². The smallest absolute Gasteiger partial charge is 0.233 e. The number of aliphatic imine (C=N–C) groups is 1. The van der Waals surface area contributed by atoms with E-state index < -0.39 is 0 Å². The minimum atomic E-state index is 0.332. The van der Waals surface area contributed by atoms with Gasteiger partial charge in [0.2, 0.25) is 5.84 Å². The van der Waals surface area contributed by atoms with Crippen molar-refractivity contribution in [1.82, 2.24) is 30.3 Å². The highest BCUT2D eigenvalue weighted by molar-refractivity contribution is 6.02. The number of allylic oxidation sites excluding steroid dienone is 2. The highest BCUT2D eigenvalue weighted by Gasteiger charge is 2.29. The maximum absolute atomic E-state index is 7.35. The van der Waals surface area contributed by atoms with E-state index in [0.29, 0.717) is 17.9 Å². The molecular formula is C28H38N9+. The first-order valence-electron chi connectivity index (χ1n) is 13.2. The molecule has 0 aromatic carbocycles. The second kappa shape index (κ2) is 10.5. The second-order valence-electron chi connectivity index (χ2n) is 10.7. The lowest BCUT2D eigenvalue weighted by Gasteiger charge is -2.34. The zero-order valence-corrected chi connectivity index (χ0v) is 22.5. The number of hydrogen-bond acceptors (Lipinski definition) is 5. The predicted octanol–water partition coefficient (Wildman–Crippen LogP) is 4.22. The van der Waals surface area contributed by atoms with Crippen molar-refractivity contribution in [1.29, 1.82) is 5.41 Å². The van der Waals surface area contributed by atoms with Crippen LogP contribution in [0, 0.1) is 5.41 Å². The Hall–Kier alpha value is -3.43.